The number of anilines is 2. The molecule has 0 atom stereocenters. The van der Waals surface area contributed by atoms with Gasteiger partial charge in [0.15, 0.2) is 0 Å². The van der Waals surface area contributed by atoms with Crippen LogP contribution in [0.4, 0.5) is 11.5 Å². The molecule has 1 aromatic rings. The van der Waals surface area contributed by atoms with Crippen LogP contribution in [0, 0.1) is 5.92 Å². The Morgan fingerprint density at radius 1 is 1.43 bits per heavy atom. The van der Waals surface area contributed by atoms with Gasteiger partial charge in [-0.3, -0.25) is 4.79 Å². The van der Waals surface area contributed by atoms with Crippen molar-refractivity contribution in [3.8, 4) is 0 Å². The molecule has 2 rings (SSSR count). The SMILES string of the molecule is CC(C)CC(=O)N(C)C1CCN(c2ccc(N)cn2)CC1. The second kappa shape index (κ2) is 6.78. The Labute approximate surface area is 127 Å². The number of piperidine rings is 1. The smallest absolute Gasteiger partial charge is 0.222 e. The molecule has 0 radical (unpaired) electrons. The predicted molar refractivity (Wildman–Crippen MR) is 86.1 cm³/mol. The van der Waals surface area contributed by atoms with Crippen LogP contribution in [0.5, 0.6) is 0 Å². The monoisotopic (exact) mass is 290 g/mol. The van der Waals surface area contributed by atoms with Crippen molar-refractivity contribution in [1.29, 1.82) is 0 Å². The summed E-state index contributed by atoms with van der Waals surface area (Å²) in [7, 11) is 1.94. The fourth-order valence-corrected chi connectivity index (χ4v) is 2.76. The molecule has 21 heavy (non-hydrogen) atoms. The zero-order chi connectivity index (χ0) is 15.4. The van der Waals surface area contributed by atoms with Crippen molar-refractivity contribution in [2.45, 2.75) is 39.2 Å². The highest BCUT2D eigenvalue weighted by Crippen LogP contribution is 2.21. The second-order valence-corrected chi connectivity index (χ2v) is 6.27. The number of hydrogen-bond acceptors (Lipinski definition) is 4. The molecule has 2 heterocycles. The third-order valence-electron chi connectivity index (χ3n) is 4.08. The van der Waals surface area contributed by atoms with Gasteiger partial charge in [0.25, 0.3) is 0 Å². The zero-order valence-corrected chi connectivity index (χ0v) is 13.2. The van der Waals surface area contributed by atoms with Crippen LogP contribution in [-0.4, -0.2) is 42.0 Å². The number of aromatic nitrogens is 1. The first kappa shape index (κ1) is 15.6. The van der Waals surface area contributed by atoms with E-state index >= 15 is 0 Å². The van der Waals surface area contributed by atoms with Crippen molar-refractivity contribution in [3.05, 3.63) is 18.3 Å². The van der Waals surface area contributed by atoms with Gasteiger partial charge in [-0.25, -0.2) is 4.98 Å². The van der Waals surface area contributed by atoms with Crippen molar-refractivity contribution in [2.24, 2.45) is 5.92 Å². The molecular formula is C16H26N4O. The summed E-state index contributed by atoms with van der Waals surface area (Å²) in [6.45, 7) is 6.03. The highest BCUT2D eigenvalue weighted by Gasteiger charge is 2.25. The molecule has 5 nitrogen and oxygen atoms in total. The number of carbonyl (C=O) groups excluding carboxylic acids is 1. The van der Waals surface area contributed by atoms with Crippen LogP contribution in [0.3, 0.4) is 0 Å². The van der Waals surface area contributed by atoms with Gasteiger partial charge in [0.2, 0.25) is 5.91 Å². The molecule has 0 aliphatic carbocycles. The fraction of sp³-hybridized carbons (Fsp3) is 0.625. The molecular weight excluding hydrogens is 264 g/mol. The van der Waals surface area contributed by atoms with Crippen LogP contribution in [0.2, 0.25) is 0 Å². The van der Waals surface area contributed by atoms with Crippen LogP contribution < -0.4 is 10.6 Å². The van der Waals surface area contributed by atoms with Gasteiger partial charge in [-0.2, -0.15) is 0 Å². The van der Waals surface area contributed by atoms with E-state index < -0.39 is 0 Å². The van der Waals surface area contributed by atoms with Crippen molar-refractivity contribution in [2.75, 3.05) is 30.8 Å². The van der Waals surface area contributed by atoms with E-state index in [4.69, 9.17) is 5.73 Å². The molecule has 0 saturated carbocycles. The van der Waals surface area contributed by atoms with Gasteiger partial charge < -0.3 is 15.5 Å². The lowest BCUT2D eigenvalue weighted by molar-refractivity contribution is -0.133. The minimum atomic E-state index is 0.258. The number of rotatable bonds is 4. The number of carbonyl (C=O) groups is 1. The number of pyridine rings is 1. The molecule has 1 aliphatic rings. The van der Waals surface area contributed by atoms with Crippen molar-refractivity contribution < 1.29 is 4.79 Å². The molecule has 0 bridgehead atoms. The number of nitrogen functional groups attached to an aromatic ring is 1. The van der Waals surface area contributed by atoms with Crippen molar-refractivity contribution in [3.63, 3.8) is 0 Å². The summed E-state index contributed by atoms with van der Waals surface area (Å²) in [6.07, 6.45) is 4.31. The molecule has 1 saturated heterocycles. The van der Waals surface area contributed by atoms with Crippen LogP contribution in [0.25, 0.3) is 0 Å². The van der Waals surface area contributed by atoms with Gasteiger partial charge in [-0.1, -0.05) is 13.8 Å². The zero-order valence-electron chi connectivity index (χ0n) is 13.2. The van der Waals surface area contributed by atoms with E-state index in [1.807, 2.05) is 24.1 Å². The first-order chi connectivity index (χ1) is 9.97. The summed E-state index contributed by atoms with van der Waals surface area (Å²) in [4.78, 5) is 20.7. The second-order valence-electron chi connectivity index (χ2n) is 6.27. The Kier molecular flexibility index (Phi) is 5.04. The lowest BCUT2D eigenvalue weighted by Gasteiger charge is -2.37. The van der Waals surface area contributed by atoms with E-state index in [9.17, 15) is 4.79 Å². The van der Waals surface area contributed by atoms with Gasteiger partial charge >= 0.3 is 0 Å². The maximum absolute atomic E-state index is 12.1. The molecule has 1 aromatic heterocycles. The number of amides is 1. The number of nitrogens with zero attached hydrogens (tertiary/aromatic N) is 3. The van der Waals surface area contributed by atoms with Crippen molar-refractivity contribution >= 4 is 17.4 Å². The van der Waals surface area contributed by atoms with Gasteiger partial charge in [0.05, 0.1) is 11.9 Å². The molecule has 5 heteroatoms. The average molecular weight is 290 g/mol. The van der Waals surface area contributed by atoms with E-state index in [0.29, 0.717) is 24.1 Å². The first-order valence-corrected chi connectivity index (χ1v) is 7.69. The maximum Gasteiger partial charge on any atom is 0.222 e. The van der Waals surface area contributed by atoms with Gasteiger partial charge in [-0.15, -0.1) is 0 Å². The highest BCUT2D eigenvalue weighted by molar-refractivity contribution is 5.76. The minimum absolute atomic E-state index is 0.258. The largest absolute Gasteiger partial charge is 0.397 e. The van der Waals surface area contributed by atoms with E-state index in [1.54, 1.807) is 6.20 Å². The third kappa shape index (κ3) is 4.09. The number of nitrogens with two attached hydrogens (primary N) is 1. The van der Waals surface area contributed by atoms with E-state index in [2.05, 4.69) is 23.7 Å². The Hall–Kier alpha value is -1.78. The van der Waals surface area contributed by atoms with Gasteiger partial charge in [-0.05, 0) is 30.9 Å². The number of hydrogen-bond donors (Lipinski definition) is 1. The van der Waals surface area contributed by atoms with Crippen LogP contribution in [-0.2, 0) is 4.79 Å². The van der Waals surface area contributed by atoms with Gasteiger partial charge in [0.1, 0.15) is 5.82 Å². The Bertz CT molecular complexity index is 464. The Balaban J connectivity index is 1.88. The molecule has 0 aromatic carbocycles. The quantitative estimate of drug-likeness (QED) is 0.923. The molecule has 116 valence electrons. The molecule has 1 aliphatic heterocycles. The summed E-state index contributed by atoms with van der Waals surface area (Å²) in [5.41, 5.74) is 6.35. The van der Waals surface area contributed by atoms with E-state index in [1.165, 1.54) is 0 Å². The standard InChI is InChI=1S/C16H26N4O/c1-12(2)10-16(21)19(3)14-6-8-20(9-7-14)15-5-4-13(17)11-18-15/h4-5,11-12,14H,6-10,17H2,1-3H3. The van der Waals surface area contributed by atoms with Crippen LogP contribution >= 0.6 is 0 Å². The van der Waals surface area contributed by atoms with Crippen LogP contribution in [0.15, 0.2) is 18.3 Å². The first-order valence-electron chi connectivity index (χ1n) is 7.69. The predicted octanol–water partition coefficient (Wildman–Crippen LogP) is 2.14. The van der Waals surface area contributed by atoms with Crippen LogP contribution in [0.1, 0.15) is 33.1 Å². The average Bonchev–Trinajstić information content (AvgIpc) is 2.47. The summed E-state index contributed by atoms with van der Waals surface area (Å²) in [6, 6.07) is 4.19. The van der Waals surface area contributed by atoms with E-state index in [-0.39, 0.29) is 5.91 Å². The molecule has 2 N–H and O–H groups in total. The van der Waals surface area contributed by atoms with Gasteiger partial charge in [0, 0.05) is 32.6 Å². The summed E-state index contributed by atoms with van der Waals surface area (Å²) in [5.74, 6) is 1.65. The topological polar surface area (TPSA) is 62.5 Å². The van der Waals surface area contributed by atoms with E-state index in [0.717, 1.165) is 31.7 Å². The fourth-order valence-electron chi connectivity index (χ4n) is 2.76. The normalized spacial score (nSPS) is 16.3. The molecule has 0 spiro atoms. The summed E-state index contributed by atoms with van der Waals surface area (Å²) in [5, 5.41) is 0. The molecule has 0 unspecified atom stereocenters. The molecule has 1 amide bonds. The minimum Gasteiger partial charge on any atom is -0.397 e. The lowest BCUT2D eigenvalue weighted by atomic mass is 10.0. The maximum atomic E-state index is 12.1. The summed E-state index contributed by atoms with van der Waals surface area (Å²) < 4.78 is 0. The Morgan fingerprint density at radius 3 is 2.62 bits per heavy atom. The Morgan fingerprint density at radius 2 is 2.10 bits per heavy atom. The lowest BCUT2D eigenvalue weighted by Crippen LogP contribution is -2.46. The highest BCUT2D eigenvalue weighted by atomic mass is 16.2. The van der Waals surface area contributed by atoms with Crippen molar-refractivity contribution in [1.82, 2.24) is 9.88 Å². The third-order valence-corrected chi connectivity index (χ3v) is 4.08. The summed E-state index contributed by atoms with van der Waals surface area (Å²) >= 11 is 0. The molecule has 1 fully saturated rings.